The van der Waals surface area contributed by atoms with Gasteiger partial charge in [-0.05, 0) is 30.2 Å². The molecule has 4 heterocycles. The molecule has 0 saturated carbocycles. The van der Waals surface area contributed by atoms with Crippen molar-refractivity contribution >= 4 is 17.5 Å². The zero-order valence-corrected chi connectivity index (χ0v) is 15.7. The van der Waals surface area contributed by atoms with Crippen LogP contribution in [-0.4, -0.2) is 43.1 Å². The molecule has 1 saturated heterocycles. The number of hydrogen-bond acceptors (Lipinski definition) is 5. The van der Waals surface area contributed by atoms with Gasteiger partial charge in [0.2, 0.25) is 5.91 Å². The summed E-state index contributed by atoms with van der Waals surface area (Å²) in [5.41, 5.74) is 1.81. The minimum absolute atomic E-state index is 0.00708. The highest BCUT2D eigenvalue weighted by Gasteiger charge is 2.59. The van der Waals surface area contributed by atoms with Crippen LogP contribution in [0.25, 0.3) is 0 Å². The molecule has 0 aliphatic carbocycles. The van der Waals surface area contributed by atoms with Crippen LogP contribution in [0, 0.1) is 0 Å². The van der Waals surface area contributed by atoms with Gasteiger partial charge >= 0.3 is 0 Å². The number of benzene rings is 1. The van der Waals surface area contributed by atoms with Crippen LogP contribution in [0.3, 0.4) is 0 Å². The van der Waals surface area contributed by atoms with Crippen molar-refractivity contribution < 1.29 is 14.7 Å². The molecule has 29 heavy (non-hydrogen) atoms. The van der Waals surface area contributed by atoms with Gasteiger partial charge in [-0.2, -0.15) is 5.10 Å². The number of amides is 2. The number of nitrogens with one attached hydrogen (secondary N) is 1. The minimum Gasteiger partial charge on any atom is -0.506 e. The number of carbonyl (C=O) groups is 2. The zero-order valence-electron chi connectivity index (χ0n) is 15.7. The third-order valence-electron chi connectivity index (χ3n) is 5.86. The highest BCUT2D eigenvalue weighted by Crippen LogP contribution is 2.54. The van der Waals surface area contributed by atoms with Crippen molar-refractivity contribution in [1.82, 2.24) is 19.7 Å². The van der Waals surface area contributed by atoms with Crippen LogP contribution in [0.5, 0.6) is 5.75 Å². The Labute approximate surface area is 166 Å². The second-order valence-corrected chi connectivity index (χ2v) is 7.47. The Hall–Kier alpha value is -3.68. The first-order chi connectivity index (χ1) is 14.0. The maximum atomic E-state index is 13.3. The summed E-state index contributed by atoms with van der Waals surface area (Å²) in [6, 6.07) is 10.0. The Morgan fingerprint density at radius 1 is 1.24 bits per heavy atom. The van der Waals surface area contributed by atoms with Gasteiger partial charge in [0.15, 0.2) is 0 Å². The third-order valence-corrected chi connectivity index (χ3v) is 5.86. The van der Waals surface area contributed by atoms with E-state index in [9.17, 15) is 14.7 Å². The van der Waals surface area contributed by atoms with Gasteiger partial charge in [0.1, 0.15) is 16.9 Å². The standard InChI is InChI=1S/C21H19N5O3/c1-25-12-13(10-23-25)18-21(15-4-2-3-5-16(15)24-20(21)29)8-9-26(18)19(28)17-7-6-14(27)11-22-17/h2-7,10-12,18,27H,8-9H2,1H3,(H,24,29). The number of para-hydroxylation sites is 1. The van der Waals surface area contributed by atoms with Crippen LogP contribution in [0.4, 0.5) is 5.69 Å². The van der Waals surface area contributed by atoms with Crippen molar-refractivity contribution in [1.29, 1.82) is 0 Å². The van der Waals surface area contributed by atoms with E-state index in [0.29, 0.717) is 13.0 Å². The number of aromatic hydroxyl groups is 1. The summed E-state index contributed by atoms with van der Waals surface area (Å²) in [5, 5.41) is 16.8. The third kappa shape index (κ3) is 2.45. The number of pyridine rings is 1. The molecule has 2 N–H and O–H groups in total. The smallest absolute Gasteiger partial charge is 0.273 e. The normalized spacial score (nSPS) is 22.7. The lowest BCUT2D eigenvalue weighted by atomic mass is 9.73. The molecular weight excluding hydrogens is 370 g/mol. The number of nitrogens with zero attached hydrogens (tertiary/aromatic N) is 4. The second-order valence-electron chi connectivity index (χ2n) is 7.47. The maximum Gasteiger partial charge on any atom is 0.273 e. The number of aromatic nitrogens is 3. The van der Waals surface area contributed by atoms with E-state index < -0.39 is 11.5 Å². The van der Waals surface area contributed by atoms with E-state index in [4.69, 9.17) is 0 Å². The molecule has 0 radical (unpaired) electrons. The van der Waals surface area contributed by atoms with Crippen molar-refractivity contribution in [3.63, 3.8) is 0 Å². The molecule has 1 fully saturated rings. The first-order valence-electron chi connectivity index (χ1n) is 9.36. The number of hydrogen-bond donors (Lipinski definition) is 2. The van der Waals surface area contributed by atoms with E-state index in [2.05, 4.69) is 15.4 Å². The molecule has 0 bridgehead atoms. The quantitative estimate of drug-likeness (QED) is 0.698. The van der Waals surface area contributed by atoms with Crippen LogP contribution in [0.1, 0.15) is 34.1 Å². The number of likely N-dealkylation sites (tertiary alicyclic amines) is 1. The van der Waals surface area contributed by atoms with Crippen LogP contribution < -0.4 is 5.32 Å². The lowest BCUT2D eigenvalue weighted by Gasteiger charge is -2.33. The van der Waals surface area contributed by atoms with Gasteiger partial charge in [0, 0.05) is 31.0 Å². The van der Waals surface area contributed by atoms with E-state index in [-0.39, 0.29) is 23.3 Å². The number of aryl methyl sites for hydroxylation is 1. The average Bonchev–Trinajstić information content (AvgIpc) is 3.39. The van der Waals surface area contributed by atoms with Gasteiger partial charge < -0.3 is 15.3 Å². The van der Waals surface area contributed by atoms with Crippen LogP contribution in [0.2, 0.25) is 0 Å². The summed E-state index contributed by atoms with van der Waals surface area (Å²) in [7, 11) is 1.81. The van der Waals surface area contributed by atoms with Gasteiger partial charge in [-0.3, -0.25) is 14.3 Å². The van der Waals surface area contributed by atoms with E-state index in [1.807, 2.05) is 37.5 Å². The Kier molecular flexibility index (Phi) is 3.70. The summed E-state index contributed by atoms with van der Waals surface area (Å²) in [6.45, 7) is 0.405. The molecule has 2 aliphatic heterocycles. The van der Waals surface area contributed by atoms with Gasteiger partial charge in [-0.1, -0.05) is 18.2 Å². The predicted octanol–water partition coefficient (Wildman–Crippen LogP) is 2.00. The predicted molar refractivity (Wildman–Crippen MR) is 104 cm³/mol. The number of anilines is 1. The monoisotopic (exact) mass is 389 g/mol. The van der Waals surface area contributed by atoms with Gasteiger partial charge in [0.05, 0.1) is 18.4 Å². The van der Waals surface area contributed by atoms with Crippen LogP contribution in [-0.2, 0) is 17.3 Å². The highest BCUT2D eigenvalue weighted by atomic mass is 16.3. The van der Waals surface area contributed by atoms with Gasteiger partial charge in [-0.25, -0.2) is 4.98 Å². The highest BCUT2D eigenvalue weighted by molar-refractivity contribution is 6.08. The number of rotatable bonds is 2. The molecule has 2 aliphatic rings. The lowest BCUT2D eigenvalue weighted by molar-refractivity contribution is -0.121. The topological polar surface area (TPSA) is 100 Å². The van der Waals surface area contributed by atoms with Crippen molar-refractivity contribution in [3.8, 4) is 5.75 Å². The zero-order chi connectivity index (χ0) is 20.2. The minimum atomic E-state index is -0.883. The SMILES string of the molecule is Cn1cc(C2N(C(=O)c3ccc(O)cn3)CCC23C(=O)Nc2ccccc23)cn1. The van der Waals surface area contributed by atoms with Crippen molar-refractivity contribution in [3.05, 3.63) is 71.8 Å². The first kappa shape index (κ1) is 17.4. The summed E-state index contributed by atoms with van der Waals surface area (Å²) in [5.74, 6) is -0.401. The average molecular weight is 389 g/mol. The summed E-state index contributed by atoms with van der Waals surface area (Å²) < 4.78 is 1.67. The molecule has 2 unspecified atom stereocenters. The fourth-order valence-electron chi connectivity index (χ4n) is 4.61. The molecule has 5 rings (SSSR count). The molecule has 8 heteroatoms. The number of fused-ring (bicyclic) bond motifs is 2. The summed E-state index contributed by atoms with van der Waals surface area (Å²) >= 11 is 0. The molecule has 2 amide bonds. The first-order valence-corrected chi connectivity index (χ1v) is 9.36. The fourth-order valence-corrected chi connectivity index (χ4v) is 4.61. The molecule has 146 valence electrons. The Morgan fingerprint density at radius 2 is 2.07 bits per heavy atom. The molecule has 8 nitrogen and oxygen atoms in total. The lowest BCUT2D eigenvalue weighted by Crippen LogP contribution is -2.42. The van der Waals surface area contributed by atoms with Crippen molar-refractivity contribution in [2.75, 3.05) is 11.9 Å². The molecule has 2 aromatic heterocycles. The second kappa shape index (κ2) is 6.16. The maximum absolute atomic E-state index is 13.3. The van der Waals surface area contributed by atoms with Gasteiger partial charge in [0.25, 0.3) is 5.91 Å². The summed E-state index contributed by atoms with van der Waals surface area (Å²) in [6.07, 6.45) is 5.29. The Balaban J connectivity index is 1.65. The Bertz CT molecular complexity index is 1120. The van der Waals surface area contributed by atoms with Crippen molar-refractivity contribution in [2.24, 2.45) is 7.05 Å². The van der Waals surface area contributed by atoms with Crippen LogP contribution >= 0.6 is 0 Å². The van der Waals surface area contributed by atoms with Gasteiger partial charge in [-0.15, -0.1) is 0 Å². The van der Waals surface area contributed by atoms with E-state index in [0.717, 1.165) is 16.8 Å². The van der Waals surface area contributed by atoms with E-state index >= 15 is 0 Å². The molecular formula is C21H19N5O3. The molecule has 2 atom stereocenters. The largest absolute Gasteiger partial charge is 0.506 e. The molecule has 1 aromatic carbocycles. The fraction of sp³-hybridized carbons (Fsp3) is 0.238. The number of carbonyl (C=O) groups excluding carboxylic acids is 2. The molecule has 3 aromatic rings. The van der Waals surface area contributed by atoms with E-state index in [1.54, 1.807) is 15.8 Å². The van der Waals surface area contributed by atoms with E-state index in [1.165, 1.54) is 18.3 Å². The van der Waals surface area contributed by atoms with Crippen molar-refractivity contribution in [2.45, 2.75) is 17.9 Å². The molecule has 1 spiro atoms. The summed E-state index contributed by atoms with van der Waals surface area (Å²) in [4.78, 5) is 32.4. The van der Waals surface area contributed by atoms with Crippen LogP contribution in [0.15, 0.2) is 55.0 Å². The Morgan fingerprint density at radius 3 is 2.79 bits per heavy atom.